The molecule has 0 heterocycles. The molecule has 2 heteroatoms. The molecule has 2 aromatic carbocycles. The Kier molecular flexibility index (Phi) is 2.88. The van der Waals surface area contributed by atoms with E-state index in [0.29, 0.717) is 5.75 Å². The molecule has 2 rings (SSSR count). The van der Waals surface area contributed by atoms with Crippen LogP contribution in [0, 0.1) is 20.8 Å². The van der Waals surface area contributed by atoms with E-state index in [1.54, 1.807) is 0 Å². The molecule has 0 atom stereocenters. The van der Waals surface area contributed by atoms with E-state index in [2.05, 4.69) is 26.0 Å². The summed E-state index contributed by atoms with van der Waals surface area (Å²) in [6.45, 7) is 7.62. The molecular weight excluding hydrogens is 212 g/mol. The first-order valence-corrected chi connectivity index (χ1v) is 5.68. The van der Waals surface area contributed by atoms with Crippen LogP contribution < -0.4 is 4.74 Å². The summed E-state index contributed by atoms with van der Waals surface area (Å²) in [7, 11) is 0. The predicted molar refractivity (Wildman–Crippen MR) is 69.5 cm³/mol. The van der Waals surface area contributed by atoms with Crippen molar-refractivity contribution in [3.05, 3.63) is 41.0 Å². The summed E-state index contributed by atoms with van der Waals surface area (Å²) in [6.07, 6.45) is 0. The highest BCUT2D eigenvalue weighted by Gasteiger charge is 2.08. The molecule has 0 spiro atoms. The molecule has 0 fully saturated rings. The molecule has 0 saturated heterocycles. The topological polar surface area (TPSA) is 26.3 Å². The average molecular weight is 228 g/mol. The molecule has 2 aromatic rings. The second-order valence-electron chi connectivity index (χ2n) is 4.38. The molecule has 0 aliphatic heterocycles. The minimum absolute atomic E-state index is 0.281. The number of fused-ring (bicyclic) bond motifs is 1. The van der Waals surface area contributed by atoms with Crippen molar-refractivity contribution in [3.63, 3.8) is 0 Å². The van der Waals surface area contributed by atoms with E-state index >= 15 is 0 Å². The number of aryl methyl sites for hydroxylation is 3. The number of carbonyl (C=O) groups is 1. The largest absolute Gasteiger partial charge is 0.426 e. The van der Waals surface area contributed by atoms with E-state index in [4.69, 9.17) is 4.74 Å². The molecule has 0 saturated carbocycles. The molecule has 0 amide bonds. The first-order chi connectivity index (χ1) is 8.00. The Hall–Kier alpha value is -1.83. The van der Waals surface area contributed by atoms with Gasteiger partial charge in [-0.2, -0.15) is 0 Å². The van der Waals surface area contributed by atoms with E-state index in [9.17, 15) is 4.79 Å². The summed E-state index contributed by atoms with van der Waals surface area (Å²) in [6, 6.07) is 8.07. The van der Waals surface area contributed by atoms with Crippen LogP contribution in [0.25, 0.3) is 10.8 Å². The van der Waals surface area contributed by atoms with E-state index in [1.807, 2.05) is 19.1 Å². The summed E-state index contributed by atoms with van der Waals surface area (Å²) in [5.74, 6) is 0.365. The number of carbonyl (C=O) groups excluding carboxylic acids is 1. The predicted octanol–water partition coefficient (Wildman–Crippen LogP) is 3.69. The van der Waals surface area contributed by atoms with Gasteiger partial charge in [-0.3, -0.25) is 4.79 Å². The van der Waals surface area contributed by atoms with Gasteiger partial charge < -0.3 is 4.74 Å². The molecule has 0 aliphatic rings. The summed E-state index contributed by atoms with van der Waals surface area (Å²) in [5.41, 5.74) is 3.57. The molecule has 0 N–H and O–H groups in total. The Bertz CT molecular complexity index is 597. The Morgan fingerprint density at radius 2 is 1.53 bits per heavy atom. The van der Waals surface area contributed by atoms with Crippen LogP contribution in [0.15, 0.2) is 24.3 Å². The SMILES string of the molecule is CC(=O)Oc1ccc2c(C)c(C)ccc2c1C. The van der Waals surface area contributed by atoms with Crippen LogP contribution in [0.1, 0.15) is 23.6 Å². The number of benzene rings is 2. The molecule has 2 nitrogen and oxygen atoms in total. The summed E-state index contributed by atoms with van der Waals surface area (Å²) in [4.78, 5) is 11.0. The van der Waals surface area contributed by atoms with Crippen molar-refractivity contribution in [1.29, 1.82) is 0 Å². The minimum Gasteiger partial charge on any atom is -0.426 e. The molecule has 0 bridgehead atoms. The highest BCUT2D eigenvalue weighted by Crippen LogP contribution is 2.30. The Morgan fingerprint density at radius 1 is 0.941 bits per heavy atom. The highest BCUT2D eigenvalue weighted by atomic mass is 16.5. The fraction of sp³-hybridized carbons (Fsp3) is 0.267. The maximum atomic E-state index is 11.0. The van der Waals surface area contributed by atoms with Gasteiger partial charge in [0.15, 0.2) is 0 Å². The molecule has 0 aliphatic carbocycles. The summed E-state index contributed by atoms with van der Waals surface area (Å²) < 4.78 is 5.18. The van der Waals surface area contributed by atoms with Gasteiger partial charge >= 0.3 is 5.97 Å². The number of ether oxygens (including phenoxy) is 1. The van der Waals surface area contributed by atoms with E-state index in [0.717, 1.165) is 10.9 Å². The summed E-state index contributed by atoms with van der Waals surface area (Å²) in [5, 5.41) is 2.37. The lowest BCUT2D eigenvalue weighted by Crippen LogP contribution is -2.03. The Labute approximate surface area is 101 Å². The lowest BCUT2D eigenvalue weighted by molar-refractivity contribution is -0.131. The number of hydrogen-bond acceptors (Lipinski definition) is 2. The highest BCUT2D eigenvalue weighted by molar-refractivity contribution is 5.91. The fourth-order valence-corrected chi connectivity index (χ4v) is 2.06. The summed E-state index contributed by atoms with van der Waals surface area (Å²) >= 11 is 0. The van der Waals surface area contributed by atoms with Gasteiger partial charge in [0, 0.05) is 6.92 Å². The van der Waals surface area contributed by atoms with Gasteiger partial charge in [0.05, 0.1) is 0 Å². The van der Waals surface area contributed by atoms with Crippen molar-refractivity contribution in [3.8, 4) is 5.75 Å². The molecule has 0 aromatic heterocycles. The van der Waals surface area contributed by atoms with Gasteiger partial charge in [-0.1, -0.05) is 18.2 Å². The minimum atomic E-state index is -0.281. The molecule has 0 unspecified atom stereocenters. The maximum absolute atomic E-state index is 11.0. The van der Waals surface area contributed by atoms with Crippen LogP contribution >= 0.6 is 0 Å². The van der Waals surface area contributed by atoms with Crippen LogP contribution in [0.4, 0.5) is 0 Å². The lowest BCUT2D eigenvalue weighted by atomic mass is 9.97. The third-order valence-electron chi connectivity index (χ3n) is 3.21. The monoisotopic (exact) mass is 228 g/mol. The quantitative estimate of drug-likeness (QED) is 0.549. The van der Waals surface area contributed by atoms with E-state index < -0.39 is 0 Å². The fourth-order valence-electron chi connectivity index (χ4n) is 2.06. The molecular formula is C15H16O2. The maximum Gasteiger partial charge on any atom is 0.308 e. The van der Waals surface area contributed by atoms with Crippen molar-refractivity contribution in [2.45, 2.75) is 27.7 Å². The van der Waals surface area contributed by atoms with E-state index in [1.165, 1.54) is 23.4 Å². The van der Waals surface area contributed by atoms with Crippen LogP contribution in [0.3, 0.4) is 0 Å². The third kappa shape index (κ3) is 2.03. The Morgan fingerprint density at radius 3 is 2.18 bits per heavy atom. The van der Waals surface area contributed by atoms with Crippen molar-refractivity contribution < 1.29 is 9.53 Å². The van der Waals surface area contributed by atoms with Gasteiger partial charge in [-0.25, -0.2) is 0 Å². The molecule has 17 heavy (non-hydrogen) atoms. The first kappa shape index (κ1) is 11.6. The van der Waals surface area contributed by atoms with E-state index in [-0.39, 0.29) is 5.97 Å². The zero-order valence-electron chi connectivity index (χ0n) is 10.6. The zero-order valence-corrected chi connectivity index (χ0v) is 10.6. The lowest BCUT2D eigenvalue weighted by Gasteiger charge is -2.11. The molecule has 0 radical (unpaired) electrons. The van der Waals surface area contributed by atoms with Gasteiger partial charge in [-0.15, -0.1) is 0 Å². The van der Waals surface area contributed by atoms with Crippen molar-refractivity contribution in [2.24, 2.45) is 0 Å². The van der Waals surface area contributed by atoms with Gasteiger partial charge in [0.2, 0.25) is 0 Å². The smallest absolute Gasteiger partial charge is 0.308 e. The Balaban J connectivity index is 2.68. The normalized spacial score (nSPS) is 10.6. The zero-order chi connectivity index (χ0) is 12.6. The molecule has 88 valence electrons. The van der Waals surface area contributed by atoms with Crippen molar-refractivity contribution in [2.75, 3.05) is 0 Å². The van der Waals surface area contributed by atoms with Gasteiger partial charge in [0.1, 0.15) is 5.75 Å². The second kappa shape index (κ2) is 4.21. The van der Waals surface area contributed by atoms with Crippen LogP contribution in [0.2, 0.25) is 0 Å². The number of rotatable bonds is 1. The first-order valence-electron chi connectivity index (χ1n) is 5.68. The standard InChI is InChI=1S/C15H16O2/c1-9-5-6-14-11(3)15(17-12(4)16)8-7-13(14)10(9)2/h5-8H,1-4H3. The van der Waals surface area contributed by atoms with Crippen LogP contribution in [0.5, 0.6) is 5.75 Å². The number of hydrogen-bond donors (Lipinski definition) is 0. The third-order valence-corrected chi connectivity index (χ3v) is 3.21. The second-order valence-corrected chi connectivity index (χ2v) is 4.38. The van der Waals surface area contributed by atoms with Crippen LogP contribution in [-0.2, 0) is 4.79 Å². The van der Waals surface area contributed by atoms with Gasteiger partial charge in [-0.05, 0) is 54.3 Å². The van der Waals surface area contributed by atoms with Crippen molar-refractivity contribution in [1.82, 2.24) is 0 Å². The van der Waals surface area contributed by atoms with Crippen molar-refractivity contribution >= 4 is 16.7 Å². The number of esters is 1. The average Bonchev–Trinajstić information content (AvgIpc) is 2.27. The van der Waals surface area contributed by atoms with Crippen LogP contribution in [-0.4, -0.2) is 5.97 Å². The van der Waals surface area contributed by atoms with Gasteiger partial charge in [0.25, 0.3) is 0 Å².